The van der Waals surface area contributed by atoms with Crippen LogP contribution in [0.15, 0.2) is 72.8 Å². The van der Waals surface area contributed by atoms with Gasteiger partial charge in [0.15, 0.2) is 0 Å². The number of benzene rings is 3. The van der Waals surface area contributed by atoms with Gasteiger partial charge in [0.25, 0.3) is 0 Å². The second-order valence-electron chi connectivity index (χ2n) is 8.92. The van der Waals surface area contributed by atoms with Crippen LogP contribution in [-0.4, -0.2) is 53.9 Å². The minimum Gasteiger partial charge on any atom is -0.382 e. The van der Waals surface area contributed by atoms with Crippen molar-refractivity contribution in [3.63, 3.8) is 0 Å². The molecule has 5 nitrogen and oxygen atoms in total. The minimum absolute atomic E-state index is 0.647. The maximum Gasteiger partial charge on any atom is 0.0700 e. The Labute approximate surface area is 217 Å². The average molecular weight is 492 g/mol. The lowest BCUT2D eigenvalue weighted by atomic mass is 10.1. The molecular formula is C31H41NO4. The number of nitrogens with zero attached hydrogens (tertiary/aromatic N) is 1. The molecule has 0 unspecified atom stereocenters. The van der Waals surface area contributed by atoms with E-state index >= 15 is 0 Å². The molecule has 36 heavy (non-hydrogen) atoms. The highest BCUT2D eigenvalue weighted by molar-refractivity contribution is 5.76. The number of hydrogen-bond acceptors (Lipinski definition) is 5. The van der Waals surface area contributed by atoms with Gasteiger partial charge >= 0.3 is 0 Å². The SMILES string of the molecule is COCCOCCCc1ccc(N(c2ccc(C)cc2)c2ccc(CCCOCCOC)cc2)cc1. The van der Waals surface area contributed by atoms with Gasteiger partial charge in [-0.2, -0.15) is 0 Å². The Hall–Kier alpha value is -2.70. The molecule has 0 heterocycles. The van der Waals surface area contributed by atoms with Crippen molar-refractivity contribution >= 4 is 17.1 Å². The summed E-state index contributed by atoms with van der Waals surface area (Å²) in [7, 11) is 3.39. The van der Waals surface area contributed by atoms with Crippen molar-refractivity contribution in [2.75, 3.05) is 58.8 Å². The van der Waals surface area contributed by atoms with Crippen molar-refractivity contribution in [1.29, 1.82) is 0 Å². The van der Waals surface area contributed by atoms with Crippen LogP contribution in [-0.2, 0) is 31.8 Å². The van der Waals surface area contributed by atoms with Crippen LogP contribution >= 0.6 is 0 Å². The molecular weight excluding hydrogens is 450 g/mol. The molecule has 0 N–H and O–H groups in total. The third kappa shape index (κ3) is 9.40. The zero-order valence-corrected chi connectivity index (χ0v) is 22.1. The van der Waals surface area contributed by atoms with Crippen LogP contribution < -0.4 is 4.90 Å². The van der Waals surface area contributed by atoms with Gasteiger partial charge in [-0.1, -0.05) is 42.0 Å². The van der Waals surface area contributed by atoms with Crippen LogP contribution in [0.2, 0.25) is 0 Å². The third-order valence-corrected chi connectivity index (χ3v) is 6.05. The zero-order valence-electron chi connectivity index (χ0n) is 22.1. The Bertz CT molecular complexity index is 911. The second kappa shape index (κ2) is 16.1. The molecule has 3 rings (SSSR count). The molecule has 5 heteroatoms. The summed E-state index contributed by atoms with van der Waals surface area (Å²) in [4.78, 5) is 2.31. The van der Waals surface area contributed by atoms with E-state index in [1.807, 2.05) is 0 Å². The number of rotatable bonds is 17. The van der Waals surface area contributed by atoms with Crippen molar-refractivity contribution < 1.29 is 18.9 Å². The van der Waals surface area contributed by atoms with E-state index in [2.05, 4.69) is 84.6 Å². The predicted octanol–water partition coefficient (Wildman–Crippen LogP) is 6.66. The summed E-state index contributed by atoms with van der Waals surface area (Å²) < 4.78 is 21.2. The highest BCUT2D eigenvalue weighted by atomic mass is 16.5. The number of ether oxygens (including phenoxy) is 4. The second-order valence-corrected chi connectivity index (χ2v) is 8.92. The summed E-state index contributed by atoms with van der Waals surface area (Å²) >= 11 is 0. The van der Waals surface area contributed by atoms with Crippen LogP contribution in [0, 0.1) is 6.92 Å². The van der Waals surface area contributed by atoms with E-state index in [1.165, 1.54) is 16.7 Å². The maximum atomic E-state index is 5.59. The van der Waals surface area contributed by atoms with Crippen molar-refractivity contribution in [1.82, 2.24) is 0 Å². The van der Waals surface area contributed by atoms with Crippen LogP contribution in [0.5, 0.6) is 0 Å². The fraction of sp³-hybridized carbons (Fsp3) is 0.419. The summed E-state index contributed by atoms with van der Waals surface area (Å²) in [6.07, 6.45) is 4.01. The number of methoxy groups -OCH3 is 2. The number of anilines is 3. The lowest BCUT2D eigenvalue weighted by Crippen LogP contribution is -2.10. The van der Waals surface area contributed by atoms with Gasteiger partial charge in [-0.15, -0.1) is 0 Å². The van der Waals surface area contributed by atoms with Gasteiger partial charge in [0.1, 0.15) is 0 Å². The van der Waals surface area contributed by atoms with E-state index in [-0.39, 0.29) is 0 Å². The summed E-state index contributed by atoms with van der Waals surface area (Å²) in [5.41, 5.74) is 7.35. The normalized spacial score (nSPS) is 11.1. The number of aryl methyl sites for hydroxylation is 3. The van der Waals surface area contributed by atoms with Crippen LogP contribution in [0.4, 0.5) is 17.1 Å². The smallest absolute Gasteiger partial charge is 0.0700 e. The molecule has 0 aliphatic carbocycles. The molecule has 0 spiro atoms. The van der Waals surface area contributed by atoms with E-state index in [9.17, 15) is 0 Å². The van der Waals surface area contributed by atoms with Gasteiger partial charge in [0.05, 0.1) is 26.4 Å². The summed E-state index contributed by atoms with van der Waals surface area (Å²) in [6.45, 7) is 6.24. The van der Waals surface area contributed by atoms with Crippen molar-refractivity contribution in [3.05, 3.63) is 89.5 Å². The first-order chi connectivity index (χ1) is 17.7. The standard InChI is InChI=1S/C31H41NO4/c1-26-8-14-29(15-9-26)32(30-16-10-27(11-17-30)6-4-20-35-24-22-33-2)31-18-12-28(13-19-31)7-5-21-36-25-23-34-3/h8-19H,4-7,20-25H2,1-3H3. The first-order valence-corrected chi connectivity index (χ1v) is 12.9. The quantitative estimate of drug-likeness (QED) is 0.198. The Morgan fingerprint density at radius 1 is 0.500 bits per heavy atom. The Morgan fingerprint density at radius 2 is 0.889 bits per heavy atom. The molecule has 3 aromatic carbocycles. The van der Waals surface area contributed by atoms with Gasteiger partial charge in [0.2, 0.25) is 0 Å². The molecule has 0 amide bonds. The first-order valence-electron chi connectivity index (χ1n) is 12.9. The van der Waals surface area contributed by atoms with E-state index in [1.54, 1.807) is 14.2 Å². The van der Waals surface area contributed by atoms with E-state index in [0.29, 0.717) is 26.4 Å². The minimum atomic E-state index is 0.647. The topological polar surface area (TPSA) is 40.2 Å². The Kier molecular flexibility index (Phi) is 12.5. The van der Waals surface area contributed by atoms with Gasteiger partial charge < -0.3 is 23.8 Å². The molecule has 0 saturated carbocycles. The fourth-order valence-electron chi connectivity index (χ4n) is 4.01. The molecule has 0 saturated heterocycles. The highest BCUT2D eigenvalue weighted by Gasteiger charge is 2.12. The molecule has 0 aliphatic heterocycles. The molecule has 194 valence electrons. The Morgan fingerprint density at radius 3 is 1.28 bits per heavy atom. The molecule has 0 radical (unpaired) electrons. The van der Waals surface area contributed by atoms with Crippen molar-refractivity contribution in [2.45, 2.75) is 32.6 Å². The van der Waals surface area contributed by atoms with E-state index in [0.717, 1.165) is 56.0 Å². The number of hydrogen-bond donors (Lipinski definition) is 0. The monoisotopic (exact) mass is 491 g/mol. The van der Waals surface area contributed by atoms with Gasteiger partial charge in [-0.05, 0) is 80.1 Å². The van der Waals surface area contributed by atoms with E-state index in [4.69, 9.17) is 18.9 Å². The van der Waals surface area contributed by atoms with E-state index < -0.39 is 0 Å². The molecule has 0 aromatic heterocycles. The fourth-order valence-corrected chi connectivity index (χ4v) is 4.01. The first kappa shape index (κ1) is 27.9. The van der Waals surface area contributed by atoms with Gasteiger partial charge in [0, 0.05) is 44.5 Å². The third-order valence-electron chi connectivity index (χ3n) is 6.05. The van der Waals surface area contributed by atoms with Gasteiger partial charge in [-0.25, -0.2) is 0 Å². The Balaban J connectivity index is 1.65. The largest absolute Gasteiger partial charge is 0.382 e. The molecule has 0 bridgehead atoms. The van der Waals surface area contributed by atoms with Crippen LogP contribution in [0.1, 0.15) is 29.5 Å². The summed E-state index contributed by atoms with van der Waals surface area (Å²) in [6, 6.07) is 26.5. The van der Waals surface area contributed by atoms with Crippen molar-refractivity contribution in [3.8, 4) is 0 Å². The zero-order chi connectivity index (χ0) is 25.4. The van der Waals surface area contributed by atoms with Crippen molar-refractivity contribution in [2.24, 2.45) is 0 Å². The van der Waals surface area contributed by atoms with Crippen LogP contribution in [0.3, 0.4) is 0 Å². The average Bonchev–Trinajstić information content (AvgIpc) is 2.91. The summed E-state index contributed by atoms with van der Waals surface area (Å²) in [5.74, 6) is 0. The molecule has 0 atom stereocenters. The van der Waals surface area contributed by atoms with Crippen LogP contribution in [0.25, 0.3) is 0 Å². The molecule has 0 fully saturated rings. The predicted molar refractivity (Wildman–Crippen MR) is 148 cm³/mol. The lowest BCUT2D eigenvalue weighted by molar-refractivity contribution is 0.0695. The highest BCUT2D eigenvalue weighted by Crippen LogP contribution is 2.35. The maximum absolute atomic E-state index is 5.59. The molecule has 0 aliphatic rings. The molecule has 3 aromatic rings. The lowest BCUT2D eigenvalue weighted by Gasteiger charge is -2.26. The summed E-state index contributed by atoms with van der Waals surface area (Å²) in [5, 5.41) is 0. The van der Waals surface area contributed by atoms with Gasteiger partial charge in [-0.3, -0.25) is 0 Å².